The predicted molar refractivity (Wildman–Crippen MR) is 89.5 cm³/mol. The number of hydrogen-bond donors (Lipinski definition) is 1. The highest BCUT2D eigenvalue weighted by Crippen LogP contribution is 2.16. The number of likely N-dealkylation sites (N-methyl/N-ethyl adjacent to an activating group) is 1. The van der Waals surface area contributed by atoms with E-state index >= 15 is 0 Å². The zero-order valence-electron chi connectivity index (χ0n) is 15.0. The van der Waals surface area contributed by atoms with E-state index in [4.69, 9.17) is 4.74 Å². The first kappa shape index (κ1) is 20.4. The zero-order chi connectivity index (χ0) is 16.3. The lowest BCUT2D eigenvalue weighted by molar-refractivity contribution is -0.150. The van der Waals surface area contributed by atoms with Crippen LogP contribution in [0.5, 0.6) is 0 Å². The summed E-state index contributed by atoms with van der Waals surface area (Å²) in [6, 6.07) is 0. The van der Waals surface area contributed by atoms with Crippen LogP contribution < -0.4 is 5.32 Å². The third-order valence-corrected chi connectivity index (χ3v) is 4.55. The van der Waals surface area contributed by atoms with Gasteiger partial charge in [0.1, 0.15) is 5.54 Å². The van der Waals surface area contributed by atoms with Crippen LogP contribution in [0.3, 0.4) is 0 Å². The largest absolute Gasteiger partial charge is 0.465 e. The van der Waals surface area contributed by atoms with E-state index in [0.29, 0.717) is 6.61 Å². The normalized spacial score (nSPS) is 14.5. The van der Waals surface area contributed by atoms with Gasteiger partial charge in [0.15, 0.2) is 0 Å². The Bertz CT molecular complexity index is 280. The van der Waals surface area contributed by atoms with Crippen molar-refractivity contribution in [3.63, 3.8) is 0 Å². The van der Waals surface area contributed by atoms with Gasteiger partial charge in [-0.3, -0.25) is 4.79 Å². The number of carbonyl (C=O) groups is 1. The molecule has 0 aliphatic carbocycles. The summed E-state index contributed by atoms with van der Waals surface area (Å²) in [5.74, 6) is 0.640. The molecule has 0 amide bonds. The van der Waals surface area contributed by atoms with Gasteiger partial charge in [-0.25, -0.2) is 0 Å². The molecule has 0 aromatic heterocycles. The van der Waals surface area contributed by atoms with Gasteiger partial charge in [-0.15, -0.1) is 0 Å². The topological polar surface area (TPSA) is 41.6 Å². The van der Waals surface area contributed by atoms with Crippen molar-refractivity contribution in [2.45, 2.75) is 65.8 Å². The van der Waals surface area contributed by atoms with E-state index in [1.165, 1.54) is 19.4 Å². The summed E-state index contributed by atoms with van der Waals surface area (Å²) in [6.45, 7) is 14.2. The monoisotopic (exact) mass is 300 g/mol. The van der Waals surface area contributed by atoms with E-state index < -0.39 is 5.54 Å². The highest BCUT2D eigenvalue weighted by Gasteiger charge is 2.32. The first-order chi connectivity index (χ1) is 9.97. The summed E-state index contributed by atoms with van der Waals surface area (Å²) >= 11 is 0. The second-order valence-electron chi connectivity index (χ2n) is 5.98. The minimum atomic E-state index is -0.565. The van der Waals surface area contributed by atoms with Crippen molar-refractivity contribution in [1.29, 1.82) is 0 Å². The number of hydrogen-bond acceptors (Lipinski definition) is 4. The van der Waals surface area contributed by atoms with Crippen LogP contribution in [0.1, 0.15) is 60.3 Å². The first-order valence-corrected chi connectivity index (χ1v) is 8.55. The maximum atomic E-state index is 12.0. The van der Waals surface area contributed by atoms with Crippen molar-refractivity contribution < 1.29 is 9.53 Å². The van der Waals surface area contributed by atoms with E-state index in [1.807, 2.05) is 20.9 Å². The van der Waals surface area contributed by atoms with Crippen molar-refractivity contribution in [2.75, 3.05) is 33.3 Å². The van der Waals surface area contributed by atoms with Crippen LogP contribution in [0.2, 0.25) is 0 Å². The molecule has 0 aromatic carbocycles. The summed E-state index contributed by atoms with van der Waals surface area (Å²) in [7, 11) is 1.83. The number of esters is 1. The van der Waals surface area contributed by atoms with Crippen LogP contribution in [-0.4, -0.2) is 49.7 Å². The van der Waals surface area contributed by atoms with Crippen molar-refractivity contribution in [3.8, 4) is 0 Å². The molecule has 0 rings (SSSR count). The maximum Gasteiger partial charge on any atom is 0.326 e. The highest BCUT2D eigenvalue weighted by atomic mass is 16.5. The zero-order valence-corrected chi connectivity index (χ0v) is 15.0. The van der Waals surface area contributed by atoms with Crippen molar-refractivity contribution in [1.82, 2.24) is 10.2 Å². The smallest absolute Gasteiger partial charge is 0.326 e. The minimum Gasteiger partial charge on any atom is -0.465 e. The quantitative estimate of drug-likeness (QED) is 0.562. The van der Waals surface area contributed by atoms with Crippen molar-refractivity contribution in [3.05, 3.63) is 0 Å². The molecule has 0 aliphatic heterocycles. The van der Waals surface area contributed by atoms with Gasteiger partial charge in [0, 0.05) is 6.54 Å². The average Bonchev–Trinajstić information content (AvgIpc) is 2.50. The molecule has 4 nitrogen and oxygen atoms in total. The molecule has 0 fully saturated rings. The summed E-state index contributed by atoms with van der Waals surface area (Å²) < 4.78 is 5.17. The lowest BCUT2D eigenvalue weighted by Gasteiger charge is -2.29. The van der Waals surface area contributed by atoms with Gasteiger partial charge in [-0.1, -0.05) is 33.6 Å². The van der Waals surface area contributed by atoms with Crippen LogP contribution in [0.25, 0.3) is 0 Å². The molecule has 21 heavy (non-hydrogen) atoms. The first-order valence-electron chi connectivity index (χ1n) is 8.55. The molecule has 1 unspecified atom stereocenters. The Kier molecular flexibility index (Phi) is 10.7. The molecule has 0 aromatic rings. The van der Waals surface area contributed by atoms with Crippen LogP contribution in [0.15, 0.2) is 0 Å². The molecule has 0 heterocycles. The second-order valence-corrected chi connectivity index (χ2v) is 5.98. The fourth-order valence-electron chi connectivity index (χ4n) is 2.57. The molecular weight excluding hydrogens is 264 g/mol. The minimum absolute atomic E-state index is 0.143. The van der Waals surface area contributed by atoms with Gasteiger partial charge in [0.25, 0.3) is 0 Å². The standard InChI is InChI=1S/C17H36N2O2/c1-7-15(8-2)14-19(9-3)13-11-12-17(5,18-6)16(20)21-10-4/h15,18H,7-14H2,1-6H3. The second kappa shape index (κ2) is 11.0. The van der Waals surface area contributed by atoms with Gasteiger partial charge in [-0.05, 0) is 52.7 Å². The summed E-state index contributed by atoms with van der Waals surface area (Å²) in [5, 5.41) is 3.12. The lowest BCUT2D eigenvalue weighted by Crippen LogP contribution is -2.49. The molecule has 0 radical (unpaired) electrons. The number of ether oxygens (including phenoxy) is 1. The van der Waals surface area contributed by atoms with Crippen LogP contribution in [0, 0.1) is 5.92 Å². The molecular formula is C17H36N2O2. The van der Waals surface area contributed by atoms with Crippen LogP contribution >= 0.6 is 0 Å². The molecule has 0 bridgehead atoms. The van der Waals surface area contributed by atoms with Gasteiger partial charge < -0.3 is 15.0 Å². The Morgan fingerprint density at radius 1 is 1.24 bits per heavy atom. The van der Waals surface area contributed by atoms with E-state index in [-0.39, 0.29) is 5.97 Å². The van der Waals surface area contributed by atoms with E-state index in [2.05, 4.69) is 31.0 Å². The summed E-state index contributed by atoms with van der Waals surface area (Å²) in [4.78, 5) is 14.5. The Morgan fingerprint density at radius 3 is 2.29 bits per heavy atom. The van der Waals surface area contributed by atoms with Crippen LogP contribution in [-0.2, 0) is 9.53 Å². The van der Waals surface area contributed by atoms with Gasteiger partial charge in [-0.2, -0.15) is 0 Å². The third kappa shape index (κ3) is 7.28. The maximum absolute atomic E-state index is 12.0. The van der Waals surface area contributed by atoms with E-state index in [1.54, 1.807) is 0 Å². The summed E-state index contributed by atoms with van der Waals surface area (Å²) in [6.07, 6.45) is 4.29. The Balaban J connectivity index is 4.31. The number of carbonyl (C=O) groups excluding carboxylic acids is 1. The summed E-state index contributed by atoms with van der Waals surface area (Å²) in [5.41, 5.74) is -0.565. The fourth-order valence-corrected chi connectivity index (χ4v) is 2.57. The SMILES string of the molecule is CCOC(=O)C(C)(CCCN(CC)CC(CC)CC)NC. The van der Waals surface area contributed by atoms with Gasteiger partial charge in [0.05, 0.1) is 6.61 Å². The van der Waals surface area contributed by atoms with E-state index in [9.17, 15) is 4.79 Å². The number of rotatable bonds is 12. The molecule has 1 N–H and O–H groups in total. The fraction of sp³-hybridized carbons (Fsp3) is 0.941. The van der Waals surface area contributed by atoms with Crippen LogP contribution in [0.4, 0.5) is 0 Å². The van der Waals surface area contributed by atoms with Gasteiger partial charge in [0.2, 0.25) is 0 Å². The Labute approximate surface area is 131 Å². The molecule has 4 heteroatoms. The molecule has 0 spiro atoms. The highest BCUT2D eigenvalue weighted by molar-refractivity contribution is 5.80. The van der Waals surface area contributed by atoms with Crippen molar-refractivity contribution >= 4 is 5.97 Å². The third-order valence-electron chi connectivity index (χ3n) is 4.55. The molecule has 0 saturated carbocycles. The Hall–Kier alpha value is -0.610. The Morgan fingerprint density at radius 2 is 1.86 bits per heavy atom. The predicted octanol–water partition coefficient (Wildman–Crippen LogP) is 3.07. The number of nitrogens with one attached hydrogen (secondary N) is 1. The molecule has 0 aliphatic rings. The van der Waals surface area contributed by atoms with E-state index in [0.717, 1.165) is 31.8 Å². The lowest BCUT2D eigenvalue weighted by atomic mass is 9.95. The molecule has 126 valence electrons. The molecule has 0 saturated heterocycles. The average molecular weight is 300 g/mol. The van der Waals surface area contributed by atoms with Gasteiger partial charge >= 0.3 is 5.97 Å². The molecule has 1 atom stereocenters. The van der Waals surface area contributed by atoms with Crippen molar-refractivity contribution in [2.24, 2.45) is 5.92 Å². The number of nitrogens with zero attached hydrogens (tertiary/aromatic N) is 1.